The van der Waals surface area contributed by atoms with Gasteiger partial charge < -0.3 is 10.6 Å². The van der Waals surface area contributed by atoms with Gasteiger partial charge in [0.2, 0.25) is 0 Å². The Morgan fingerprint density at radius 2 is 1.75 bits per heavy atom. The molecule has 0 radical (unpaired) electrons. The lowest BCUT2D eigenvalue weighted by Crippen LogP contribution is -2.30. The molecule has 1 aromatic heterocycles. The molecule has 0 unspecified atom stereocenters. The molecule has 0 atom stereocenters. The van der Waals surface area contributed by atoms with Crippen molar-refractivity contribution in [1.29, 1.82) is 0 Å². The number of aromatic nitrogens is 1. The first-order valence-corrected chi connectivity index (χ1v) is 6.81. The molecule has 2 amide bonds. The summed E-state index contributed by atoms with van der Waals surface area (Å²) in [6.07, 6.45) is 0.770. The smallest absolute Gasteiger partial charge is 0.319 e. The van der Waals surface area contributed by atoms with Crippen molar-refractivity contribution in [2.45, 2.75) is 6.42 Å². The van der Waals surface area contributed by atoms with Gasteiger partial charge in [0.1, 0.15) is 10.3 Å². The maximum Gasteiger partial charge on any atom is 0.319 e. The van der Waals surface area contributed by atoms with Crippen LogP contribution >= 0.6 is 23.2 Å². The summed E-state index contributed by atoms with van der Waals surface area (Å²) in [6, 6.07) is 12.7. The molecule has 104 valence electrons. The summed E-state index contributed by atoms with van der Waals surface area (Å²) in [6.45, 7) is 0.544. The van der Waals surface area contributed by atoms with Gasteiger partial charge in [0.25, 0.3) is 0 Å². The minimum Gasteiger partial charge on any atom is -0.338 e. The van der Waals surface area contributed by atoms with E-state index < -0.39 is 0 Å². The molecule has 1 aromatic carbocycles. The lowest BCUT2D eigenvalue weighted by atomic mass is 10.1. The fourth-order valence-electron chi connectivity index (χ4n) is 1.68. The second-order valence-electron chi connectivity index (χ2n) is 4.12. The maximum absolute atomic E-state index is 11.7. The summed E-state index contributed by atoms with van der Waals surface area (Å²) in [7, 11) is 0. The van der Waals surface area contributed by atoms with Crippen LogP contribution in [0.2, 0.25) is 10.3 Å². The largest absolute Gasteiger partial charge is 0.338 e. The number of rotatable bonds is 4. The normalized spacial score (nSPS) is 10.1. The average molecular weight is 310 g/mol. The number of amides is 2. The van der Waals surface area contributed by atoms with Crippen molar-refractivity contribution < 1.29 is 4.79 Å². The zero-order chi connectivity index (χ0) is 14.4. The highest BCUT2D eigenvalue weighted by atomic mass is 35.5. The fourth-order valence-corrected chi connectivity index (χ4v) is 2.14. The van der Waals surface area contributed by atoms with E-state index in [-0.39, 0.29) is 16.3 Å². The van der Waals surface area contributed by atoms with Crippen molar-refractivity contribution in [2.24, 2.45) is 0 Å². The van der Waals surface area contributed by atoms with Gasteiger partial charge in [0.15, 0.2) is 0 Å². The van der Waals surface area contributed by atoms with Crippen LogP contribution in [0.3, 0.4) is 0 Å². The number of benzene rings is 1. The van der Waals surface area contributed by atoms with Gasteiger partial charge in [-0.2, -0.15) is 0 Å². The third kappa shape index (κ3) is 4.72. The third-order valence-electron chi connectivity index (χ3n) is 2.56. The Hall–Kier alpha value is -1.78. The molecule has 20 heavy (non-hydrogen) atoms. The number of hydrogen-bond acceptors (Lipinski definition) is 2. The Balaban J connectivity index is 1.81. The number of pyridine rings is 1. The maximum atomic E-state index is 11.7. The van der Waals surface area contributed by atoms with Gasteiger partial charge in [-0.1, -0.05) is 53.5 Å². The second-order valence-corrected chi connectivity index (χ2v) is 4.89. The number of carbonyl (C=O) groups is 1. The number of anilines is 1. The highest BCUT2D eigenvalue weighted by molar-refractivity contribution is 6.32. The first kappa shape index (κ1) is 14.6. The summed E-state index contributed by atoms with van der Waals surface area (Å²) in [5, 5.41) is 5.88. The monoisotopic (exact) mass is 309 g/mol. The number of nitrogens with zero attached hydrogens (tertiary/aromatic N) is 1. The SMILES string of the molecule is O=C(NCCc1ccccc1)Nc1cc(Cl)nc(Cl)c1. The molecule has 0 bridgehead atoms. The van der Waals surface area contributed by atoms with Crippen LogP contribution in [0, 0.1) is 0 Å². The van der Waals surface area contributed by atoms with Crippen LogP contribution in [0.1, 0.15) is 5.56 Å². The molecule has 2 rings (SSSR count). The van der Waals surface area contributed by atoms with Crippen LogP contribution in [0.4, 0.5) is 10.5 Å². The van der Waals surface area contributed by atoms with E-state index >= 15 is 0 Å². The quantitative estimate of drug-likeness (QED) is 0.845. The van der Waals surface area contributed by atoms with E-state index in [0.717, 1.165) is 6.42 Å². The fraction of sp³-hybridized carbons (Fsp3) is 0.143. The van der Waals surface area contributed by atoms with Crippen LogP contribution in [-0.2, 0) is 6.42 Å². The lowest BCUT2D eigenvalue weighted by Gasteiger charge is -2.08. The topological polar surface area (TPSA) is 54.0 Å². The van der Waals surface area contributed by atoms with Gasteiger partial charge >= 0.3 is 6.03 Å². The molecule has 0 aliphatic carbocycles. The molecule has 0 fully saturated rings. The highest BCUT2D eigenvalue weighted by Gasteiger charge is 2.04. The van der Waals surface area contributed by atoms with Gasteiger partial charge in [-0.25, -0.2) is 9.78 Å². The van der Waals surface area contributed by atoms with E-state index in [1.54, 1.807) is 0 Å². The molecule has 0 saturated heterocycles. The summed E-state index contributed by atoms with van der Waals surface area (Å²) in [5.41, 5.74) is 1.68. The molecule has 2 aromatic rings. The van der Waals surface area contributed by atoms with Crippen molar-refractivity contribution >= 4 is 34.9 Å². The number of urea groups is 1. The molecule has 2 N–H and O–H groups in total. The molecule has 0 saturated carbocycles. The zero-order valence-corrected chi connectivity index (χ0v) is 12.1. The Bertz CT molecular complexity index is 570. The summed E-state index contributed by atoms with van der Waals surface area (Å²) in [4.78, 5) is 15.5. The van der Waals surface area contributed by atoms with Crippen molar-refractivity contribution in [1.82, 2.24) is 10.3 Å². The summed E-state index contributed by atoms with van der Waals surface area (Å²) >= 11 is 11.5. The Labute approximate surface area is 127 Å². The van der Waals surface area contributed by atoms with Crippen molar-refractivity contribution in [2.75, 3.05) is 11.9 Å². The molecule has 1 heterocycles. The van der Waals surface area contributed by atoms with Crippen LogP contribution in [-0.4, -0.2) is 17.6 Å². The first-order chi connectivity index (χ1) is 9.63. The standard InChI is InChI=1S/C14H13Cl2N3O/c15-12-8-11(9-13(16)19-12)18-14(20)17-7-6-10-4-2-1-3-5-10/h1-5,8-9H,6-7H2,(H2,17,18,19,20). The van der Waals surface area contributed by atoms with E-state index in [0.29, 0.717) is 12.2 Å². The minimum atomic E-state index is -0.306. The highest BCUT2D eigenvalue weighted by Crippen LogP contribution is 2.18. The molecular weight excluding hydrogens is 297 g/mol. The van der Waals surface area contributed by atoms with Gasteiger partial charge in [-0.05, 0) is 24.1 Å². The van der Waals surface area contributed by atoms with Crippen LogP contribution in [0.25, 0.3) is 0 Å². The molecular formula is C14H13Cl2N3O. The zero-order valence-electron chi connectivity index (χ0n) is 10.6. The van der Waals surface area contributed by atoms with Gasteiger partial charge in [0.05, 0.1) is 0 Å². The van der Waals surface area contributed by atoms with Crippen molar-refractivity contribution in [3.8, 4) is 0 Å². The predicted molar refractivity (Wildman–Crippen MR) is 81.4 cm³/mol. The number of carbonyl (C=O) groups excluding carboxylic acids is 1. The molecule has 4 nitrogen and oxygen atoms in total. The van der Waals surface area contributed by atoms with E-state index in [1.165, 1.54) is 17.7 Å². The van der Waals surface area contributed by atoms with Gasteiger partial charge in [-0.15, -0.1) is 0 Å². The Kier molecular flexibility index (Phi) is 5.21. The Morgan fingerprint density at radius 1 is 1.10 bits per heavy atom. The van der Waals surface area contributed by atoms with Gasteiger partial charge in [-0.3, -0.25) is 0 Å². The third-order valence-corrected chi connectivity index (χ3v) is 2.95. The summed E-state index contributed by atoms with van der Waals surface area (Å²) in [5.74, 6) is 0. The number of hydrogen-bond donors (Lipinski definition) is 2. The first-order valence-electron chi connectivity index (χ1n) is 6.05. The van der Waals surface area contributed by atoms with Crippen LogP contribution in [0.15, 0.2) is 42.5 Å². The van der Waals surface area contributed by atoms with Crippen molar-refractivity contribution in [3.05, 3.63) is 58.3 Å². The van der Waals surface area contributed by atoms with Crippen LogP contribution < -0.4 is 10.6 Å². The van der Waals surface area contributed by atoms with Crippen LogP contribution in [0.5, 0.6) is 0 Å². The minimum absolute atomic E-state index is 0.233. The predicted octanol–water partition coefficient (Wildman–Crippen LogP) is 3.75. The average Bonchev–Trinajstić information content (AvgIpc) is 2.38. The number of nitrogens with one attached hydrogen (secondary N) is 2. The van der Waals surface area contributed by atoms with E-state index in [2.05, 4.69) is 15.6 Å². The van der Waals surface area contributed by atoms with Crippen molar-refractivity contribution in [3.63, 3.8) is 0 Å². The van der Waals surface area contributed by atoms with E-state index in [4.69, 9.17) is 23.2 Å². The van der Waals surface area contributed by atoms with Gasteiger partial charge in [0, 0.05) is 12.2 Å². The van der Waals surface area contributed by atoms with E-state index in [1.807, 2.05) is 30.3 Å². The van der Waals surface area contributed by atoms with E-state index in [9.17, 15) is 4.79 Å². The summed E-state index contributed by atoms with van der Waals surface area (Å²) < 4.78 is 0. The molecule has 0 aliphatic rings. The molecule has 0 spiro atoms. The lowest BCUT2D eigenvalue weighted by molar-refractivity contribution is 0.252. The Morgan fingerprint density at radius 3 is 2.40 bits per heavy atom. The molecule has 6 heteroatoms. The second kappa shape index (κ2) is 7.12. The molecule has 0 aliphatic heterocycles. The number of halogens is 2.